The van der Waals surface area contributed by atoms with Gasteiger partial charge in [-0.2, -0.15) is 0 Å². The third kappa shape index (κ3) is 0.814. The fraction of sp³-hybridized carbons (Fsp3) is 0.857. The molecule has 2 fully saturated rings. The van der Waals surface area contributed by atoms with Gasteiger partial charge in [-0.3, -0.25) is 4.79 Å². The van der Waals surface area contributed by atoms with E-state index in [1.807, 2.05) is 0 Å². The average Bonchev–Trinajstić information content (AvgIpc) is 2.46. The lowest BCUT2D eigenvalue weighted by Gasteiger charge is -2.14. The predicted octanol–water partition coefficient (Wildman–Crippen LogP) is 0.340. The summed E-state index contributed by atoms with van der Waals surface area (Å²) in [6.07, 6.45) is 1.55. The van der Waals surface area contributed by atoms with E-state index in [-0.39, 0.29) is 11.4 Å². The van der Waals surface area contributed by atoms with Crippen LogP contribution in [0.1, 0.15) is 12.8 Å². The Balaban J connectivity index is 2.09. The minimum atomic E-state index is -0.0644. The van der Waals surface area contributed by atoms with Gasteiger partial charge >= 0.3 is 5.97 Å². The molecule has 3 nitrogen and oxygen atoms in total. The molecule has 2 aliphatic heterocycles. The van der Waals surface area contributed by atoms with Gasteiger partial charge in [-0.15, -0.1) is 0 Å². The van der Waals surface area contributed by atoms with Gasteiger partial charge < -0.3 is 9.47 Å². The average molecular weight is 142 g/mol. The molecule has 10 heavy (non-hydrogen) atoms. The van der Waals surface area contributed by atoms with E-state index in [0.717, 1.165) is 13.0 Å². The Morgan fingerprint density at radius 1 is 1.40 bits per heavy atom. The Morgan fingerprint density at radius 2 is 2.30 bits per heavy atom. The number of esters is 1. The van der Waals surface area contributed by atoms with Crippen molar-refractivity contribution in [1.82, 2.24) is 0 Å². The summed E-state index contributed by atoms with van der Waals surface area (Å²) in [5.74, 6) is -0.0644. The Bertz CT molecular complexity index is 158. The molecule has 1 spiro atoms. The van der Waals surface area contributed by atoms with Crippen LogP contribution in [0.15, 0.2) is 0 Å². The zero-order valence-corrected chi connectivity index (χ0v) is 5.76. The number of rotatable bonds is 0. The van der Waals surface area contributed by atoms with Gasteiger partial charge in [0.05, 0.1) is 19.6 Å². The van der Waals surface area contributed by atoms with Gasteiger partial charge in [-0.1, -0.05) is 0 Å². The van der Waals surface area contributed by atoms with Crippen molar-refractivity contribution in [2.75, 3.05) is 19.8 Å². The molecule has 0 saturated carbocycles. The summed E-state index contributed by atoms with van der Waals surface area (Å²) in [4.78, 5) is 10.7. The van der Waals surface area contributed by atoms with E-state index in [9.17, 15) is 4.79 Å². The smallest absolute Gasteiger partial charge is 0.306 e. The lowest BCUT2D eigenvalue weighted by molar-refractivity contribution is -0.137. The second-order valence-corrected chi connectivity index (χ2v) is 3.14. The molecule has 0 aromatic rings. The van der Waals surface area contributed by atoms with Gasteiger partial charge in [-0.25, -0.2) is 0 Å². The summed E-state index contributed by atoms with van der Waals surface area (Å²) < 4.78 is 10.1. The highest BCUT2D eigenvalue weighted by Gasteiger charge is 2.43. The highest BCUT2D eigenvalue weighted by molar-refractivity contribution is 5.72. The number of carbonyl (C=O) groups excluding carboxylic acids is 1. The fourth-order valence-corrected chi connectivity index (χ4v) is 1.54. The monoisotopic (exact) mass is 142 g/mol. The molecular weight excluding hydrogens is 132 g/mol. The Labute approximate surface area is 59.3 Å². The molecule has 0 amide bonds. The maximum atomic E-state index is 10.7. The lowest BCUT2D eigenvalue weighted by Crippen LogP contribution is -2.20. The molecule has 0 aromatic heterocycles. The molecule has 1 unspecified atom stereocenters. The Kier molecular flexibility index (Phi) is 1.20. The van der Waals surface area contributed by atoms with Crippen LogP contribution >= 0.6 is 0 Å². The molecule has 0 bridgehead atoms. The first kappa shape index (κ1) is 6.16. The first-order valence-electron chi connectivity index (χ1n) is 3.54. The Hall–Kier alpha value is -0.570. The molecule has 56 valence electrons. The van der Waals surface area contributed by atoms with Crippen molar-refractivity contribution in [3.63, 3.8) is 0 Å². The third-order valence-corrected chi connectivity index (χ3v) is 2.24. The summed E-state index contributed by atoms with van der Waals surface area (Å²) in [6.45, 7) is 2.07. The summed E-state index contributed by atoms with van der Waals surface area (Å²) in [5.41, 5.74) is 0.0666. The molecule has 1 atom stereocenters. The van der Waals surface area contributed by atoms with Crippen molar-refractivity contribution < 1.29 is 14.3 Å². The van der Waals surface area contributed by atoms with Crippen molar-refractivity contribution in [1.29, 1.82) is 0 Å². The molecule has 2 rings (SSSR count). The molecule has 2 heterocycles. The van der Waals surface area contributed by atoms with Crippen LogP contribution in [-0.4, -0.2) is 25.8 Å². The molecule has 0 aliphatic carbocycles. The first-order chi connectivity index (χ1) is 4.81. The van der Waals surface area contributed by atoms with Gasteiger partial charge in [-0.05, 0) is 6.42 Å². The quantitative estimate of drug-likeness (QED) is 0.457. The van der Waals surface area contributed by atoms with Gasteiger partial charge in [0.15, 0.2) is 0 Å². The van der Waals surface area contributed by atoms with E-state index >= 15 is 0 Å². The topological polar surface area (TPSA) is 35.5 Å². The zero-order valence-electron chi connectivity index (χ0n) is 5.76. The maximum Gasteiger partial charge on any atom is 0.306 e. The van der Waals surface area contributed by atoms with Crippen LogP contribution in [0.2, 0.25) is 0 Å². The number of carbonyl (C=O) groups is 1. The van der Waals surface area contributed by atoms with Gasteiger partial charge in [0, 0.05) is 12.0 Å². The minimum absolute atomic E-state index is 0.0644. The van der Waals surface area contributed by atoms with Gasteiger partial charge in [0.2, 0.25) is 0 Å². The molecule has 2 aliphatic rings. The van der Waals surface area contributed by atoms with Gasteiger partial charge in [0.25, 0.3) is 0 Å². The van der Waals surface area contributed by atoms with Crippen molar-refractivity contribution in [3.8, 4) is 0 Å². The normalized spacial score (nSPS) is 39.0. The first-order valence-corrected chi connectivity index (χ1v) is 3.54. The van der Waals surface area contributed by atoms with E-state index in [4.69, 9.17) is 9.47 Å². The van der Waals surface area contributed by atoms with Crippen LogP contribution in [0, 0.1) is 5.41 Å². The van der Waals surface area contributed by atoms with Crippen molar-refractivity contribution in [2.24, 2.45) is 5.41 Å². The molecule has 2 saturated heterocycles. The van der Waals surface area contributed by atoms with Gasteiger partial charge in [0.1, 0.15) is 0 Å². The van der Waals surface area contributed by atoms with E-state index in [1.165, 1.54) is 0 Å². The summed E-state index contributed by atoms with van der Waals surface area (Å²) in [5, 5.41) is 0. The van der Waals surface area contributed by atoms with E-state index in [2.05, 4.69) is 0 Å². The second-order valence-electron chi connectivity index (χ2n) is 3.14. The van der Waals surface area contributed by atoms with Crippen LogP contribution in [0.4, 0.5) is 0 Å². The molecule has 3 heteroatoms. The van der Waals surface area contributed by atoms with E-state index < -0.39 is 0 Å². The van der Waals surface area contributed by atoms with Crippen molar-refractivity contribution in [2.45, 2.75) is 12.8 Å². The van der Waals surface area contributed by atoms with E-state index in [1.54, 1.807) is 0 Å². The van der Waals surface area contributed by atoms with Crippen LogP contribution in [0.3, 0.4) is 0 Å². The standard InChI is InChI=1S/C7H10O3/c8-6-3-7(5-10-6)1-2-9-4-7/h1-5H2. The zero-order chi connectivity index (χ0) is 7.03. The predicted molar refractivity (Wildman–Crippen MR) is 33.4 cm³/mol. The largest absolute Gasteiger partial charge is 0.465 e. The van der Waals surface area contributed by atoms with Crippen LogP contribution in [0.5, 0.6) is 0 Å². The molecule has 0 aromatic carbocycles. The maximum absolute atomic E-state index is 10.7. The fourth-order valence-electron chi connectivity index (χ4n) is 1.54. The second kappa shape index (κ2) is 1.95. The third-order valence-electron chi connectivity index (χ3n) is 2.24. The molecule has 0 N–H and O–H groups in total. The minimum Gasteiger partial charge on any atom is -0.465 e. The number of hydrogen-bond acceptors (Lipinski definition) is 3. The Morgan fingerprint density at radius 3 is 2.80 bits per heavy atom. The van der Waals surface area contributed by atoms with E-state index in [0.29, 0.717) is 19.6 Å². The number of hydrogen-bond donors (Lipinski definition) is 0. The summed E-state index contributed by atoms with van der Waals surface area (Å²) in [6, 6.07) is 0. The molecular formula is C7H10O3. The molecule has 0 radical (unpaired) electrons. The lowest BCUT2D eigenvalue weighted by atomic mass is 9.87. The van der Waals surface area contributed by atoms with Crippen LogP contribution in [-0.2, 0) is 14.3 Å². The number of cyclic esters (lactones) is 1. The van der Waals surface area contributed by atoms with Crippen LogP contribution in [0.25, 0.3) is 0 Å². The summed E-state index contributed by atoms with van der Waals surface area (Å²) in [7, 11) is 0. The highest BCUT2D eigenvalue weighted by atomic mass is 16.5. The summed E-state index contributed by atoms with van der Waals surface area (Å²) >= 11 is 0. The number of ether oxygens (including phenoxy) is 2. The van der Waals surface area contributed by atoms with Crippen molar-refractivity contribution in [3.05, 3.63) is 0 Å². The van der Waals surface area contributed by atoms with Crippen LogP contribution < -0.4 is 0 Å². The highest BCUT2D eigenvalue weighted by Crippen LogP contribution is 2.37. The SMILES string of the molecule is O=C1CC2(CCOC2)CO1. The van der Waals surface area contributed by atoms with Crippen molar-refractivity contribution >= 4 is 5.97 Å².